The predicted molar refractivity (Wildman–Crippen MR) is 58.2 cm³/mol. The van der Waals surface area contributed by atoms with Gasteiger partial charge in [-0.1, -0.05) is 11.6 Å². The highest BCUT2D eigenvalue weighted by Crippen LogP contribution is 2.22. The zero-order valence-corrected chi connectivity index (χ0v) is 9.14. The van der Waals surface area contributed by atoms with Gasteiger partial charge in [-0.05, 0) is 19.1 Å². The van der Waals surface area contributed by atoms with E-state index in [1.54, 1.807) is 16.8 Å². The van der Waals surface area contributed by atoms with E-state index in [0.717, 1.165) is 5.76 Å². The number of fused-ring (bicyclic) bond motifs is 1. The maximum absolute atomic E-state index is 5.90. The van der Waals surface area contributed by atoms with Crippen LogP contribution in [0.1, 0.15) is 5.76 Å². The van der Waals surface area contributed by atoms with Crippen molar-refractivity contribution in [2.75, 3.05) is 0 Å². The second-order valence-electron chi connectivity index (χ2n) is 3.35. The number of hydrogen-bond donors (Lipinski definition) is 0. The second-order valence-corrected chi connectivity index (χ2v) is 3.70. The molecule has 16 heavy (non-hydrogen) atoms. The molecule has 0 unspecified atom stereocenters. The molecule has 0 saturated heterocycles. The van der Waals surface area contributed by atoms with Crippen molar-refractivity contribution in [2.45, 2.75) is 6.92 Å². The summed E-state index contributed by atoms with van der Waals surface area (Å²) in [6.45, 7) is 1.88. The summed E-state index contributed by atoms with van der Waals surface area (Å²) >= 11 is 5.90. The molecule has 6 heteroatoms. The summed E-state index contributed by atoms with van der Waals surface area (Å²) in [5.74, 6) is 2.10. The maximum Gasteiger partial charge on any atom is 0.204 e. The fourth-order valence-electron chi connectivity index (χ4n) is 1.52. The van der Waals surface area contributed by atoms with E-state index in [9.17, 15) is 0 Å². The molecule has 3 aromatic heterocycles. The zero-order valence-electron chi connectivity index (χ0n) is 8.38. The van der Waals surface area contributed by atoms with Crippen LogP contribution in [-0.4, -0.2) is 19.6 Å². The minimum Gasteiger partial charge on any atom is -0.458 e. The molecule has 0 fully saturated rings. The summed E-state index contributed by atoms with van der Waals surface area (Å²) in [6.07, 6.45) is 3.34. The van der Waals surface area contributed by atoms with Gasteiger partial charge in [0.25, 0.3) is 0 Å². The summed E-state index contributed by atoms with van der Waals surface area (Å²) in [5, 5.41) is 8.32. The van der Waals surface area contributed by atoms with Gasteiger partial charge in [0.1, 0.15) is 5.76 Å². The number of rotatable bonds is 1. The van der Waals surface area contributed by atoms with Gasteiger partial charge in [0, 0.05) is 12.4 Å². The van der Waals surface area contributed by atoms with Gasteiger partial charge in [0.15, 0.2) is 16.6 Å². The highest BCUT2D eigenvalue weighted by atomic mass is 35.5. The molecular weight excluding hydrogens is 228 g/mol. The Kier molecular flexibility index (Phi) is 1.94. The third-order valence-corrected chi connectivity index (χ3v) is 2.51. The average molecular weight is 235 g/mol. The smallest absolute Gasteiger partial charge is 0.204 e. The Morgan fingerprint density at radius 2 is 2.19 bits per heavy atom. The van der Waals surface area contributed by atoms with E-state index in [0.29, 0.717) is 22.4 Å². The molecule has 0 saturated carbocycles. The lowest BCUT2D eigenvalue weighted by Crippen LogP contribution is -1.89. The molecule has 80 valence electrons. The normalized spacial score (nSPS) is 11.1. The fourth-order valence-corrected chi connectivity index (χ4v) is 1.70. The molecule has 3 rings (SSSR count). The van der Waals surface area contributed by atoms with Gasteiger partial charge in [0.2, 0.25) is 5.82 Å². The van der Waals surface area contributed by atoms with Crippen LogP contribution in [-0.2, 0) is 0 Å². The number of furan rings is 1. The van der Waals surface area contributed by atoms with Crippen LogP contribution in [0.4, 0.5) is 0 Å². The SMILES string of the molecule is Cc1ccc(-c2nnc3c(Cl)nccn23)o1. The Labute approximate surface area is 95.7 Å². The third-order valence-electron chi connectivity index (χ3n) is 2.24. The van der Waals surface area contributed by atoms with E-state index in [2.05, 4.69) is 15.2 Å². The molecule has 3 heterocycles. The van der Waals surface area contributed by atoms with Crippen LogP contribution in [0.15, 0.2) is 28.9 Å². The van der Waals surface area contributed by atoms with Gasteiger partial charge in [0.05, 0.1) is 0 Å². The lowest BCUT2D eigenvalue weighted by Gasteiger charge is -1.96. The molecule has 0 N–H and O–H groups in total. The van der Waals surface area contributed by atoms with E-state index in [4.69, 9.17) is 16.0 Å². The van der Waals surface area contributed by atoms with E-state index >= 15 is 0 Å². The zero-order chi connectivity index (χ0) is 11.1. The highest BCUT2D eigenvalue weighted by molar-refractivity contribution is 6.32. The average Bonchev–Trinajstić information content (AvgIpc) is 2.84. The molecule has 0 aromatic carbocycles. The van der Waals surface area contributed by atoms with Crippen LogP contribution in [0.25, 0.3) is 17.2 Å². The minimum absolute atomic E-state index is 0.324. The van der Waals surface area contributed by atoms with Crippen LogP contribution in [0.5, 0.6) is 0 Å². The first-order valence-corrected chi connectivity index (χ1v) is 5.05. The predicted octanol–water partition coefficient (Wildman–Crippen LogP) is 2.35. The Hall–Kier alpha value is -1.88. The van der Waals surface area contributed by atoms with Crippen LogP contribution >= 0.6 is 11.6 Å². The van der Waals surface area contributed by atoms with Crippen LogP contribution in [0, 0.1) is 6.92 Å². The van der Waals surface area contributed by atoms with Crippen molar-refractivity contribution in [3.8, 4) is 11.6 Å². The van der Waals surface area contributed by atoms with Gasteiger partial charge < -0.3 is 4.42 Å². The largest absolute Gasteiger partial charge is 0.458 e. The maximum atomic E-state index is 5.90. The van der Waals surface area contributed by atoms with Gasteiger partial charge in [-0.25, -0.2) is 4.98 Å². The van der Waals surface area contributed by atoms with Crippen molar-refractivity contribution in [1.29, 1.82) is 0 Å². The minimum atomic E-state index is 0.324. The van der Waals surface area contributed by atoms with Gasteiger partial charge in [-0.2, -0.15) is 0 Å². The molecule has 3 aromatic rings. The number of halogens is 1. The van der Waals surface area contributed by atoms with E-state index in [1.807, 2.05) is 19.1 Å². The fraction of sp³-hybridized carbons (Fsp3) is 0.100. The molecule has 0 amide bonds. The molecule has 5 nitrogen and oxygen atoms in total. The van der Waals surface area contributed by atoms with Crippen molar-refractivity contribution >= 4 is 17.2 Å². The highest BCUT2D eigenvalue weighted by Gasteiger charge is 2.13. The standard InChI is InChI=1S/C10H7ClN4O/c1-6-2-3-7(16-6)9-13-14-10-8(11)12-4-5-15(9)10/h2-5H,1H3. The molecule has 0 aliphatic carbocycles. The van der Waals surface area contributed by atoms with Crippen LogP contribution in [0.3, 0.4) is 0 Å². The monoisotopic (exact) mass is 234 g/mol. The number of nitrogens with zero attached hydrogens (tertiary/aromatic N) is 4. The first-order chi connectivity index (χ1) is 7.75. The quantitative estimate of drug-likeness (QED) is 0.649. The Bertz CT molecular complexity index is 658. The molecule has 0 aliphatic rings. The molecule has 0 radical (unpaired) electrons. The van der Waals surface area contributed by atoms with Crippen LogP contribution in [0.2, 0.25) is 5.15 Å². The first kappa shape index (κ1) is 9.35. The number of aromatic nitrogens is 4. The van der Waals surface area contributed by atoms with Gasteiger partial charge in [-0.3, -0.25) is 4.40 Å². The molecule has 0 atom stereocenters. The lowest BCUT2D eigenvalue weighted by molar-refractivity contribution is 0.543. The topological polar surface area (TPSA) is 56.2 Å². The molecule has 0 spiro atoms. The summed E-state index contributed by atoms with van der Waals surface area (Å²) in [5.41, 5.74) is 0.521. The molecule has 0 aliphatic heterocycles. The molecular formula is C10H7ClN4O. The van der Waals surface area contributed by atoms with Gasteiger partial charge >= 0.3 is 0 Å². The Morgan fingerprint density at radius 3 is 2.94 bits per heavy atom. The number of aryl methyl sites for hydroxylation is 1. The van der Waals surface area contributed by atoms with Crippen molar-refractivity contribution in [1.82, 2.24) is 19.6 Å². The lowest BCUT2D eigenvalue weighted by atomic mass is 10.4. The van der Waals surface area contributed by atoms with E-state index in [-0.39, 0.29) is 0 Å². The summed E-state index contributed by atoms with van der Waals surface area (Å²) < 4.78 is 7.23. The third kappa shape index (κ3) is 1.29. The van der Waals surface area contributed by atoms with Crippen molar-refractivity contribution in [3.05, 3.63) is 35.4 Å². The van der Waals surface area contributed by atoms with E-state index < -0.39 is 0 Å². The van der Waals surface area contributed by atoms with Crippen molar-refractivity contribution in [2.24, 2.45) is 0 Å². The van der Waals surface area contributed by atoms with Gasteiger partial charge in [-0.15, -0.1) is 10.2 Å². The summed E-state index contributed by atoms with van der Waals surface area (Å²) in [4.78, 5) is 3.93. The summed E-state index contributed by atoms with van der Waals surface area (Å²) in [6, 6.07) is 3.72. The van der Waals surface area contributed by atoms with Crippen LogP contribution < -0.4 is 0 Å². The van der Waals surface area contributed by atoms with Crippen molar-refractivity contribution in [3.63, 3.8) is 0 Å². The first-order valence-electron chi connectivity index (χ1n) is 4.68. The summed E-state index contributed by atoms with van der Waals surface area (Å²) in [7, 11) is 0. The Balaban J connectivity index is 2.29. The second kappa shape index (κ2) is 3.31. The van der Waals surface area contributed by atoms with Crippen molar-refractivity contribution < 1.29 is 4.42 Å². The Morgan fingerprint density at radius 1 is 1.31 bits per heavy atom. The van der Waals surface area contributed by atoms with E-state index in [1.165, 1.54) is 0 Å². The molecule has 0 bridgehead atoms. The number of hydrogen-bond acceptors (Lipinski definition) is 4.